The van der Waals surface area contributed by atoms with Crippen molar-refractivity contribution in [3.05, 3.63) is 29.3 Å². The Hall–Kier alpha value is -2.16. The van der Waals surface area contributed by atoms with Crippen molar-refractivity contribution in [3.8, 4) is 5.75 Å². The van der Waals surface area contributed by atoms with Crippen LogP contribution in [0.25, 0.3) is 0 Å². The lowest BCUT2D eigenvalue weighted by atomic mass is 10.1. The number of aliphatic hydroxyl groups excluding tert-OH is 1. The van der Waals surface area contributed by atoms with Crippen LogP contribution in [0.5, 0.6) is 5.75 Å². The number of aliphatic carboxylic acids is 1. The van der Waals surface area contributed by atoms with Crippen LogP contribution >= 0.6 is 0 Å². The van der Waals surface area contributed by atoms with E-state index in [1.54, 1.807) is 0 Å². The number of carbonyl (C=O) groups excluding carboxylic acids is 1. The molecule has 1 aromatic carbocycles. The number of nitrogens with zero attached hydrogens (tertiary/aromatic N) is 2. The number of hydrogen-bond donors (Lipinski definition) is 3. The van der Waals surface area contributed by atoms with E-state index in [0.717, 1.165) is 31.2 Å². The number of aryl methyl sites for hydroxylation is 1. The van der Waals surface area contributed by atoms with Gasteiger partial charge in [0.2, 0.25) is 0 Å². The molecule has 2 rings (SSSR count). The lowest BCUT2D eigenvalue weighted by molar-refractivity contribution is -0.134. The largest absolute Gasteiger partial charge is 0.493 e. The number of hydrogen-bond acceptors (Lipinski definition) is 6. The van der Waals surface area contributed by atoms with Crippen LogP contribution in [-0.2, 0) is 4.79 Å². The molecule has 8 nitrogen and oxygen atoms in total. The number of ether oxygens (including phenoxy) is 1. The van der Waals surface area contributed by atoms with E-state index in [4.69, 9.17) is 20.4 Å². The Labute approximate surface area is 166 Å². The Bertz CT molecular complexity index is 634. The van der Waals surface area contributed by atoms with Crippen molar-refractivity contribution >= 4 is 11.9 Å². The first-order valence-corrected chi connectivity index (χ1v) is 9.53. The summed E-state index contributed by atoms with van der Waals surface area (Å²) < 4.78 is 5.74. The van der Waals surface area contributed by atoms with Crippen LogP contribution in [0.3, 0.4) is 0 Å². The van der Waals surface area contributed by atoms with Crippen molar-refractivity contribution in [2.45, 2.75) is 32.7 Å². The van der Waals surface area contributed by atoms with Gasteiger partial charge in [-0.25, -0.2) is 0 Å². The highest BCUT2D eigenvalue weighted by atomic mass is 16.5. The second-order valence-electron chi connectivity index (χ2n) is 6.89. The van der Waals surface area contributed by atoms with E-state index in [2.05, 4.69) is 4.90 Å². The fourth-order valence-corrected chi connectivity index (χ4v) is 2.93. The Morgan fingerprint density at radius 2 is 2.00 bits per heavy atom. The average Bonchev–Trinajstić information content (AvgIpc) is 2.64. The lowest BCUT2D eigenvalue weighted by Crippen LogP contribution is -2.53. The minimum atomic E-state index is -0.833. The summed E-state index contributed by atoms with van der Waals surface area (Å²) in [4.78, 5) is 25.9. The maximum atomic E-state index is 12.8. The quantitative estimate of drug-likeness (QED) is 0.589. The van der Waals surface area contributed by atoms with Crippen LogP contribution in [0.15, 0.2) is 18.2 Å². The van der Waals surface area contributed by atoms with Crippen LogP contribution < -0.4 is 10.5 Å². The smallest absolute Gasteiger partial charge is 0.300 e. The van der Waals surface area contributed by atoms with E-state index in [0.29, 0.717) is 38.2 Å². The SMILES string of the molecule is CC(=O)O.Cc1ccc(C(=O)N2CCN(C)C(CCO)C2)cc1OCCCN. The minimum Gasteiger partial charge on any atom is -0.493 e. The summed E-state index contributed by atoms with van der Waals surface area (Å²) in [6.45, 7) is 6.51. The van der Waals surface area contributed by atoms with E-state index < -0.39 is 5.97 Å². The van der Waals surface area contributed by atoms with E-state index in [1.165, 1.54) is 0 Å². The molecule has 1 fully saturated rings. The molecular formula is C20H33N3O5. The summed E-state index contributed by atoms with van der Waals surface area (Å²) in [5, 5.41) is 16.6. The summed E-state index contributed by atoms with van der Waals surface area (Å²) in [6, 6.07) is 5.81. The number of rotatable bonds is 7. The second kappa shape index (κ2) is 12.3. The van der Waals surface area contributed by atoms with Gasteiger partial charge in [0.15, 0.2) is 0 Å². The Morgan fingerprint density at radius 1 is 1.32 bits per heavy atom. The highest BCUT2D eigenvalue weighted by Crippen LogP contribution is 2.22. The van der Waals surface area contributed by atoms with Gasteiger partial charge < -0.3 is 25.6 Å². The molecule has 1 aliphatic heterocycles. The summed E-state index contributed by atoms with van der Waals surface area (Å²) >= 11 is 0. The molecule has 0 bridgehead atoms. The molecule has 1 aromatic rings. The zero-order chi connectivity index (χ0) is 21.1. The van der Waals surface area contributed by atoms with Crippen LogP contribution in [0, 0.1) is 6.92 Å². The molecule has 0 aliphatic carbocycles. The molecule has 158 valence electrons. The van der Waals surface area contributed by atoms with Gasteiger partial charge in [0, 0.05) is 44.8 Å². The van der Waals surface area contributed by atoms with Gasteiger partial charge in [0.1, 0.15) is 5.75 Å². The zero-order valence-corrected chi connectivity index (χ0v) is 17.1. The average molecular weight is 396 g/mol. The predicted octanol–water partition coefficient (Wildman–Crippen LogP) is 0.952. The molecule has 1 saturated heterocycles. The topological polar surface area (TPSA) is 116 Å². The zero-order valence-electron chi connectivity index (χ0n) is 17.1. The molecule has 28 heavy (non-hydrogen) atoms. The van der Waals surface area contributed by atoms with Crippen molar-refractivity contribution in [1.29, 1.82) is 0 Å². The van der Waals surface area contributed by atoms with Crippen LogP contribution in [0.4, 0.5) is 0 Å². The van der Waals surface area contributed by atoms with Gasteiger partial charge in [-0.05, 0) is 51.1 Å². The summed E-state index contributed by atoms with van der Waals surface area (Å²) in [5.41, 5.74) is 7.16. The van der Waals surface area contributed by atoms with Crippen molar-refractivity contribution in [1.82, 2.24) is 9.80 Å². The first kappa shape index (κ1) is 23.9. The normalized spacial score (nSPS) is 16.9. The third-order valence-corrected chi connectivity index (χ3v) is 4.57. The number of carbonyl (C=O) groups is 2. The van der Waals surface area contributed by atoms with Crippen LogP contribution in [0.1, 0.15) is 35.7 Å². The monoisotopic (exact) mass is 395 g/mol. The van der Waals surface area contributed by atoms with Crippen molar-refractivity contribution in [3.63, 3.8) is 0 Å². The number of benzene rings is 1. The third kappa shape index (κ3) is 7.84. The number of carboxylic acids is 1. The van der Waals surface area contributed by atoms with Gasteiger partial charge in [-0.1, -0.05) is 6.07 Å². The highest BCUT2D eigenvalue weighted by Gasteiger charge is 2.27. The third-order valence-electron chi connectivity index (χ3n) is 4.57. The standard InChI is InChI=1S/C18H29N3O3.C2H4O2/c1-14-4-5-15(12-17(14)24-11-3-7-19)18(23)21-9-8-20(2)16(13-21)6-10-22;1-2(3)4/h4-5,12,16,22H,3,6-11,13,19H2,1-2H3;1H3,(H,3,4). The van der Waals surface area contributed by atoms with Crippen LogP contribution in [0.2, 0.25) is 0 Å². The first-order chi connectivity index (χ1) is 13.3. The Balaban J connectivity index is 0.000000892. The van der Waals surface area contributed by atoms with Gasteiger partial charge in [0.05, 0.1) is 6.61 Å². The van der Waals surface area contributed by atoms with Gasteiger partial charge in [-0.15, -0.1) is 0 Å². The van der Waals surface area contributed by atoms with Crippen molar-refractivity contribution in [2.75, 3.05) is 46.4 Å². The molecule has 0 saturated carbocycles. The van der Waals surface area contributed by atoms with Crippen molar-refractivity contribution in [2.24, 2.45) is 5.73 Å². The van der Waals surface area contributed by atoms with Gasteiger partial charge in [0.25, 0.3) is 11.9 Å². The maximum absolute atomic E-state index is 12.8. The number of nitrogens with two attached hydrogens (primary N) is 1. The summed E-state index contributed by atoms with van der Waals surface area (Å²) in [7, 11) is 2.04. The van der Waals surface area contributed by atoms with Crippen LogP contribution in [-0.4, -0.2) is 84.4 Å². The Morgan fingerprint density at radius 3 is 2.61 bits per heavy atom. The second-order valence-corrected chi connectivity index (χ2v) is 6.89. The fraction of sp³-hybridized carbons (Fsp3) is 0.600. The molecule has 1 heterocycles. The molecule has 1 aliphatic rings. The molecule has 4 N–H and O–H groups in total. The van der Waals surface area contributed by atoms with E-state index >= 15 is 0 Å². The van der Waals surface area contributed by atoms with Gasteiger partial charge in [-0.2, -0.15) is 0 Å². The fourth-order valence-electron chi connectivity index (χ4n) is 2.93. The number of aliphatic hydroxyl groups is 1. The van der Waals surface area contributed by atoms with E-state index in [1.807, 2.05) is 37.1 Å². The summed E-state index contributed by atoms with van der Waals surface area (Å²) in [6.07, 6.45) is 1.47. The van der Waals surface area contributed by atoms with Gasteiger partial charge in [-0.3, -0.25) is 14.5 Å². The first-order valence-electron chi connectivity index (χ1n) is 9.53. The molecule has 1 unspecified atom stereocenters. The molecule has 0 spiro atoms. The van der Waals surface area contributed by atoms with E-state index in [9.17, 15) is 9.90 Å². The predicted molar refractivity (Wildman–Crippen MR) is 108 cm³/mol. The molecule has 0 aromatic heterocycles. The van der Waals surface area contributed by atoms with Crippen molar-refractivity contribution < 1.29 is 24.5 Å². The number of carboxylic acid groups (broad SMARTS) is 1. The number of piperazine rings is 1. The van der Waals surface area contributed by atoms with E-state index in [-0.39, 0.29) is 18.6 Å². The minimum absolute atomic E-state index is 0.0229. The molecule has 1 atom stereocenters. The highest BCUT2D eigenvalue weighted by molar-refractivity contribution is 5.94. The maximum Gasteiger partial charge on any atom is 0.300 e. The van der Waals surface area contributed by atoms with Gasteiger partial charge >= 0.3 is 0 Å². The summed E-state index contributed by atoms with van der Waals surface area (Å²) in [5.74, 6) is -0.0648. The Kier molecular flexibility index (Phi) is 10.5. The molecule has 1 amide bonds. The number of amides is 1. The molecular weight excluding hydrogens is 362 g/mol. The molecule has 0 radical (unpaired) electrons. The number of likely N-dealkylation sites (N-methyl/N-ethyl adjacent to an activating group) is 1. The molecule has 8 heteroatoms. The lowest BCUT2D eigenvalue weighted by Gasteiger charge is -2.39.